The molecule has 14 heavy (non-hydrogen) atoms. The van der Waals surface area contributed by atoms with Crippen LogP contribution in [0.3, 0.4) is 0 Å². The monoisotopic (exact) mass is 203 g/mol. The Balaban J connectivity index is 0. The van der Waals surface area contributed by atoms with Gasteiger partial charge in [-0.3, -0.25) is 10.3 Å². The van der Waals surface area contributed by atoms with Crippen LogP contribution in [0.15, 0.2) is 5.10 Å². The first kappa shape index (κ1) is 13.2. The van der Waals surface area contributed by atoms with Crippen LogP contribution in [0.1, 0.15) is 36.0 Å². The fraction of sp³-hybridized carbons (Fsp3) is 0.889. The van der Waals surface area contributed by atoms with E-state index >= 15 is 0 Å². The second kappa shape index (κ2) is 7.58. The van der Waals surface area contributed by atoms with Gasteiger partial charge in [0.05, 0.1) is 0 Å². The van der Waals surface area contributed by atoms with E-state index in [9.17, 15) is 0 Å². The lowest BCUT2D eigenvalue weighted by atomic mass is 10.2. The number of hydrazone groups is 1. The van der Waals surface area contributed by atoms with Crippen LogP contribution in [0.4, 0.5) is 0 Å². The molecule has 0 aromatic carbocycles. The molecule has 0 aromatic rings. The van der Waals surface area contributed by atoms with Crippen molar-refractivity contribution >= 4 is 6.34 Å². The van der Waals surface area contributed by atoms with Gasteiger partial charge in [0.1, 0.15) is 6.34 Å². The molecule has 0 atom stereocenters. The molecule has 0 amide bonds. The van der Waals surface area contributed by atoms with Gasteiger partial charge in [-0.15, -0.1) is 5.53 Å². The van der Waals surface area contributed by atoms with E-state index in [1.54, 1.807) is 0 Å². The molecule has 0 fully saturated rings. The van der Waals surface area contributed by atoms with Gasteiger partial charge in [-0.1, -0.05) is 6.92 Å². The molecule has 5 heteroatoms. The summed E-state index contributed by atoms with van der Waals surface area (Å²) in [5.41, 5.74) is 7.50. The summed E-state index contributed by atoms with van der Waals surface area (Å²) in [5.74, 6) is 0. The van der Waals surface area contributed by atoms with Crippen LogP contribution >= 0.6 is 0 Å². The van der Waals surface area contributed by atoms with Crippen LogP contribution in [0.2, 0.25) is 0 Å². The fourth-order valence-electron chi connectivity index (χ4n) is 1.49. The third kappa shape index (κ3) is 5.77. The molecule has 0 saturated carbocycles. The average Bonchev–Trinajstić information content (AvgIpc) is 2.59. The number of hydrogen-bond acceptors (Lipinski definition) is 5. The van der Waals surface area contributed by atoms with Gasteiger partial charge in [-0.2, -0.15) is 5.10 Å². The highest BCUT2D eigenvalue weighted by atomic mass is 15.8. The Morgan fingerprint density at radius 3 is 1.93 bits per heavy atom. The SMILES string of the molecule is C1=NNNN1.CCN(C(C)C)C(C)C.[HH]. The van der Waals surface area contributed by atoms with E-state index in [1.807, 2.05) is 0 Å². The summed E-state index contributed by atoms with van der Waals surface area (Å²) < 4.78 is 0. The molecule has 1 aliphatic rings. The number of nitrogens with one attached hydrogen (secondary N) is 3. The highest BCUT2D eigenvalue weighted by Crippen LogP contribution is 2.02. The molecule has 0 bridgehead atoms. The van der Waals surface area contributed by atoms with Crippen molar-refractivity contribution < 1.29 is 1.43 Å². The number of hydrogen-bond donors (Lipinski definition) is 3. The van der Waals surface area contributed by atoms with Gasteiger partial charge in [0.25, 0.3) is 0 Å². The molecule has 86 valence electrons. The molecule has 1 heterocycles. The van der Waals surface area contributed by atoms with E-state index in [0.29, 0.717) is 12.1 Å². The molecule has 0 aromatic heterocycles. The average molecular weight is 203 g/mol. The lowest BCUT2D eigenvalue weighted by Crippen LogP contribution is -2.36. The molecule has 0 spiro atoms. The standard InChI is InChI=1S/C8H19N.CH4N4.H2/c1-6-9(7(2)3)8(4)5;1-2-4-5-3-1;/h7-8H,6H2,1-5H3;1,4-5H,(H,2,3);1H. The van der Waals surface area contributed by atoms with E-state index in [1.165, 1.54) is 6.34 Å². The van der Waals surface area contributed by atoms with Gasteiger partial charge in [-0.05, 0) is 34.2 Å². The molecule has 1 rings (SSSR count). The van der Waals surface area contributed by atoms with Crippen LogP contribution in [0.25, 0.3) is 0 Å². The Morgan fingerprint density at radius 1 is 1.29 bits per heavy atom. The number of nitrogens with zero attached hydrogens (tertiary/aromatic N) is 2. The molecule has 3 N–H and O–H groups in total. The number of rotatable bonds is 3. The van der Waals surface area contributed by atoms with Crippen molar-refractivity contribution in [3.05, 3.63) is 0 Å². The van der Waals surface area contributed by atoms with E-state index in [2.05, 4.69) is 61.1 Å². The van der Waals surface area contributed by atoms with Gasteiger partial charge in [0.2, 0.25) is 0 Å². The molecule has 5 nitrogen and oxygen atoms in total. The predicted molar refractivity (Wildman–Crippen MR) is 62.7 cm³/mol. The normalized spacial score (nSPS) is 14.0. The van der Waals surface area contributed by atoms with Crippen LogP contribution in [-0.2, 0) is 0 Å². The summed E-state index contributed by atoms with van der Waals surface area (Å²) in [7, 11) is 0. The Labute approximate surface area is 88.4 Å². The molecule has 1 aliphatic heterocycles. The van der Waals surface area contributed by atoms with Gasteiger partial charge in [-0.25, -0.2) is 5.53 Å². The topological polar surface area (TPSA) is 51.7 Å². The highest BCUT2D eigenvalue weighted by molar-refractivity contribution is 5.53. The van der Waals surface area contributed by atoms with Crippen LogP contribution < -0.4 is 16.5 Å². The minimum Gasteiger partial charge on any atom is -0.299 e. The first-order valence-electron chi connectivity index (χ1n) is 5.12. The Bertz CT molecular complexity index is 147. The van der Waals surface area contributed by atoms with E-state index in [4.69, 9.17) is 0 Å². The van der Waals surface area contributed by atoms with E-state index in [0.717, 1.165) is 6.54 Å². The van der Waals surface area contributed by atoms with Crippen LogP contribution in [0.5, 0.6) is 0 Å². The maximum absolute atomic E-state index is 3.49. The maximum atomic E-state index is 3.49. The second-order valence-electron chi connectivity index (χ2n) is 3.66. The second-order valence-corrected chi connectivity index (χ2v) is 3.66. The summed E-state index contributed by atoms with van der Waals surface area (Å²) >= 11 is 0. The van der Waals surface area contributed by atoms with Crippen LogP contribution in [-0.4, -0.2) is 29.9 Å². The van der Waals surface area contributed by atoms with Crippen molar-refractivity contribution in [3.63, 3.8) is 0 Å². The quantitative estimate of drug-likeness (QED) is 0.638. The zero-order valence-electron chi connectivity index (χ0n) is 9.83. The van der Waals surface area contributed by atoms with Crippen molar-refractivity contribution in [1.82, 2.24) is 21.4 Å². The summed E-state index contributed by atoms with van der Waals surface area (Å²) in [4.78, 5) is 2.46. The minimum absolute atomic E-state index is 0. The van der Waals surface area contributed by atoms with Gasteiger partial charge < -0.3 is 0 Å². The Kier molecular flexibility index (Phi) is 7.14. The minimum atomic E-state index is 0. The lowest BCUT2D eigenvalue weighted by molar-refractivity contribution is 0.185. The van der Waals surface area contributed by atoms with Crippen molar-refractivity contribution in [2.75, 3.05) is 6.54 Å². The summed E-state index contributed by atoms with van der Waals surface area (Å²) in [5, 5.41) is 3.49. The summed E-state index contributed by atoms with van der Waals surface area (Å²) in [6.07, 6.45) is 1.51. The summed E-state index contributed by atoms with van der Waals surface area (Å²) in [6, 6.07) is 1.38. The van der Waals surface area contributed by atoms with E-state index in [-0.39, 0.29) is 1.43 Å². The third-order valence-corrected chi connectivity index (χ3v) is 2.01. The Morgan fingerprint density at radius 2 is 1.86 bits per heavy atom. The fourth-order valence-corrected chi connectivity index (χ4v) is 1.49. The van der Waals surface area contributed by atoms with Gasteiger partial charge >= 0.3 is 0 Å². The van der Waals surface area contributed by atoms with Crippen molar-refractivity contribution in [2.45, 2.75) is 46.7 Å². The van der Waals surface area contributed by atoms with Crippen molar-refractivity contribution in [2.24, 2.45) is 5.10 Å². The third-order valence-electron chi connectivity index (χ3n) is 2.01. The molecule has 0 radical (unpaired) electrons. The maximum Gasteiger partial charge on any atom is 0.125 e. The molecule has 0 saturated heterocycles. The zero-order valence-corrected chi connectivity index (χ0v) is 9.83. The largest absolute Gasteiger partial charge is 0.299 e. The van der Waals surface area contributed by atoms with Crippen molar-refractivity contribution in [3.8, 4) is 0 Å². The smallest absolute Gasteiger partial charge is 0.125 e. The molecule has 0 unspecified atom stereocenters. The first-order chi connectivity index (χ1) is 6.59. The molecular formula is C9H25N5. The van der Waals surface area contributed by atoms with Gasteiger partial charge in [0, 0.05) is 13.5 Å². The molecule has 0 aliphatic carbocycles. The molecular weight excluding hydrogens is 178 g/mol. The van der Waals surface area contributed by atoms with Gasteiger partial charge in [0.15, 0.2) is 0 Å². The Hall–Kier alpha value is -0.810. The van der Waals surface area contributed by atoms with Crippen molar-refractivity contribution in [1.29, 1.82) is 0 Å². The zero-order chi connectivity index (χ0) is 11.0. The predicted octanol–water partition coefficient (Wildman–Crippen LogP) is 0.913. The highest BCUT2D eigenvalue weighted by Gasteiger charge is 2.08. The first-order valence-corrected chi connectivity index (χ1v) is 5.12. The van der Waals surface area contributed by atoms with Crippen LogP contribution in [0, 0.1) is 0 Å². The number of hydrazine groups is 2. The summed E-state index contributed by atoms with van der Waals surface area (Å²) in [6.45, 7) is 12.3. The van der Waals surface area contributed by atoms with E-state index < -0.39 is 0 Å². The lowest BCUT2D eigenvalue weighted by Gasteiger charge is -2.28.